The molecule has 4 nitrogen and oxygen atoms in total. The van der Waals surface area contributed by atoms with Crippen molar-refractivity contribution < 1.29 is 4.79 Å². The van der Waals surface area contributed by atoms with E-state index in [2.05, 4.69) is 29.0 Å². The Labute approximate surface area is 142 Å². The van der Waals surface area contributed by atoms with Gasteiger partial charge in [-0.3, -0.25) is 9.78 Å². The molecule has 0 aliphatic carbocycles. The fourth-order valence-electron chi connectivity index (χ4n) is 2.57. The molecule has 0 aliphatic heterocycles. The highest BCUT2D eigenvalue weighted by molar-refractivity contribution is 6.34. The molecular weight excluding hydrogens is 310 g/mol. The maximum Gasteiger partial charge on any atom is 0.257 e. The number of aryl methyl sites for hydroxylation is 2. The Kier molecular flexibility index (Phi) is 5.61. The molecule has 0 fully saturated rings. The highest BCUT2D eigenvalue weighted by Crippen LogP contribution is 2.28. The number of carbonyl (C=O) groups excluding carboxylic acids is 1. The van der Waals surface area contributed by atoms with E-state index in [0.717, 1.165) is 29.9 Å². The van der Waals surface area contributed by atoms with Gasteiger partial charge in [0.1, 0.15) is 0 Å². The summed E-state index contributed by atoms with van der Waals surface area (Å²) in [5.74, 6) is -0.208. The van der Waals surface area contributed by atoms with Crippen LogP contribution in [0, 0.1) is 13.8 Å². The van der Waals surface area contributed by atoms with Crippen molar-refractivity contribution in [3.8, 4) is 0 Å². The lowest BCUT2D eigenvalue weighted by molar-refractivity contribution is 0.102. The quantitative estimate of drug-likeness (QED) is 0.880. The molecule has 2 aromatic rings. The summed E-state index contributed by atoms with van der Waals surface area (Å²) >= 11 is 6.25. The summed E-state index contributed by atoms with van der Waals surface area (Å²) in [6.45, 7) is 9.79. The molecule has 23 heavy (non-hydrogen) atoms. The number of carbonyl (C=O) groups is 1. The molecule has 0 unspecified atom stereocenters. The van der Waals surface area contributed by atoms with E-state index in [1.165, 1.54) is 0 Å². The third-order valence-corrected chi connectivity index (χ3v) is 4.08. The van der Waals surface area contributed by atoms with E-state index in [-0.39, 0.29) is 5.91 Å². The predicted molar refractivity (Wildman–Crippen MR) is 96.7 cm³/mol. The SMILES string of the molecule is CCN(CC)c1cncc(C(=O)Nc2c(C)cc(C)cc2Cl)c1. The fraction of sp³-hybridized carbons (Fsp3) is 0.333. The van der Waals surface area contributed by atoms with Gasteiger partial charge in [0.2, 0.25) is 0 Å². The number of anilines is 2. The molecular formula is C18H22ClN3O. The first kappa shape index (κ1) is 17.3. The molecule has 0 saturated heterocycles. The minimum Gasteiger partial charge on any atom is -0.371 e. The van der Waals surface area contributed by atoms with Gasteiger partial charge in [-0.2, -0.15) is 0 Å². The Morgan fingerprint density at radius 3 is 2.48 bits per heavy atom. The van der Waals surface area contributed by atoms with Gasteiger partial charge in [-0.25, -0.2) is 0 Å². The van der Waals surface area contributed by atoms with Gasteiger partial charge in [0.25, 0.3) is 5.91 Å². The van der Waals surface area contributed by atoms with Gasteiger partial charge in [0.05, 0.1) is 28.2 Å². The molecule has 1 aromatic carbocycles. The van der Waals surface area contributed by atoms with Crippen molar-refractivity contribution >= 4 is 28.9 Å². The van der Waals surface area contributed by atoms with Gasteiger partial charge in [-0.15, -0.1) is 0 Å². The van der Waals surface area contributed by atoms with Crippen LogP contribution in [0.15, 0.2) is 30.6 Å². The number of nitrogens with zero attached hydrogens (tertiary/aromatic N) is 2. The second kappa shape index (κ2) is 7.47. The smallest absolute Gasteiger partial charge is 0.257 e. The second-order valence-corrected chi connectivity index (χ2v) is 5.90. The third kappa shape index (κ3) is 4.02. The van der Waals surface area contributed by atoms with Gasteiger partial charge >= 0.3 is 0 Å². The minimum atomic E-state index is -0.208. The molecule has 1 amide bonds. The van der Waals surface area contributed by atoms with E-state index in [0.29, 0.717) is 16.3 Å². The van der Waals surface area contributed by atoms with Gasteiger partial charge in [-0.05, 0) is 51.0 Å². The number of hydrogen-bond acceptors (Lipinski definition) is 3. The fourth-order valence-corrected chi connectivity index (χ4v) is 2.94. The molecule has 0 bridgehead atoms. The lowest BCUT2D eigenvalue weighted by Crippen LogP contribution is -2.23. The zero-order valence-corrected chi connectivity index (χ0v) is 14.7. The molecule has 1 aromatic heterocycles. The maximum absolute atomic E-state index is 12.5. The average molecular weight is 332 g/mol. The van der Waals surface area contributed by atoms with Crippen LogP contribution in [0.4, 0.5) is 11.4 Å². The Morgan fingerprint density at radius 2 is 1.87 bits per heavy atom. The van der Waals surface area contributed by atoms with Crippen molar-refractivity contribution in [1.82, 2.24) is 4.98 Å². The number of amides is 1. The summed E-state index contributed by atoms with van der Waals surface area (Å²) in [5.41, 5.74) is 4.11. The van der Waals surface area contributed by atoms with Crippen molar-refractivity contribution in [3.63, 3.8) is 0 Å². The van der Waals surface area contributed by atoms with Gasteiger partial charge in [0, 0.05) is 19.3 Å². The first-order chi connectivity index (χ1) is 11.0. The van der Waals surface area contributed by atoms with Crippen LogP contribution in [-0.2, 0) is 0 Å². The molecule has 0 aliphatic rings. The topological polar surface area (TPSA) is 45.2 Å². The average Bonchev–Trinajstić information content (AvgIpc) is 2.52. The normalized spacial score (nSPS) is 10.5. The highest BCUT2D eigenvalue weighted by Gasteiger charge is 2.13. The van der Waals surface area contributed by atoms with Crippen LogP contribution in [0.3, 0.4) is 0 Å². The van der Waals surface area contributed by atoms with E-state index < -0.39 is 0 Å². The van der Waals surface area contributed by atoms with Crippen LogP contribution >= 0.6 is 11.6 Å². The van der Waals surface area contributed by atoms with E-state index >= 15 is 0 Å². The van der Waals surface area contributed by atoms with Crippen molar-refractivity contribution in [2.45, 2.75) is 27.7 Å². The van der Waals surface area contributed by atoms with Gasteiger partial charge < -0.3 is 10.2 Å². The van der Waals surface area contributed by atoms with Crippen LogP contribution in [-0.4, -0.2) is 24.0 Å². The molecule has 0 atom stereocenters. The van der Waals surface area contributed by atoms with Crippen molar-refractivity contribution in [2.75, 3.05) is 23.3 Å². The summed E-state index contributed by atoms with van der Waals surface area (Å²) in [5, 5.41) is 3.44. The number of aromatic nitrogens is 1. The van der Waals surface area contributed by atoms with Crippen molar-refractivity contribution in [1.29, 1.82) is 0 Å². The zero-order chi connectivity index (χ0) is 17.0. The van der Waals surface area contributed by atoms with Gasteiger partial charge in [0.15, 0.2) is 0 Å². The molecule has 1 N–H and O–H groups in total. The Morgan fingerprint density at radius 1 is 1.17 bits per heavy atom. The number of nitrogens with one attached hydrogen (secondary N) is 1. The zero-order valence-electron chi connectivity index (χ0n) is 14.0. The largest absolute Gasteiger partial charge is 0.371 e. The second-order valence-electron chi connectivity index (χ2n) is 5.50. The number of benzene rings is 1. The van der Waals surface area contributed by atoms with Crippen LogP contribution in [0.25, 0.3) is 0 Å². The Balaban J connectivity index is 2.27. The van der Waals surface area contributed by atoms with E-state index in [1.54, 1.807) is 12.4 Å². The summed E-state index contributed by atoms with van der Waals surface area (Å²) < 4.78 is 0. The maximum atomic E-state index is 12.5. The van der Waals surface area contributed by atoms with E-state index in [4.69, 9.17) is 11.6 Å². The third-order valence-electron chi connectivity index (χ3n) is 3.78. The van der Waals surface area contributed by atoms with Crippen molar-refractivity contribution in [3.05, 3.63) is 52.3 Å². The predicted octanol–water partition coefficient (Wildman–Crippen LogP) is 4.45. The molecule has 2 rings (SSSR count). The molecule has 5 heteroatoms. The summed E-state index contributed by atoms with van der Waals surface area (Å²) in [7, 11) is 0. The summed E-state index contributed by atoms with van der Waals surface area (Å²) in [6, 6.07) is 5.69. The van der Waals surface area contributed by atoms with E-state index in [9.17, 15) is 4.79 Å². The monoisotopic (exact) mass is 331 g/mol. The van der Waals surface area contributed by atoms with Crippen LogP contribution in [0.5, 0.6) is 0 Å². The Hall–Kier alpha value is -2.07. The molecule has 122 valence electrons. The van der Waals surface area contributed by atoms with E-state index in [1.807, 2.05) is 32.0 Å². The van der Waals surface area contributed by atoms with Gasteiger partial charge in [-0.1, -0.05) is 17.7 Å². The van der Waals surface area contributed by atoms with Crippen LogP contribution < -0.4 is 10.2 Å². The number of hydrogen-bond donors (Lipinski definition) is 1. The standard InChI is InChI=1S/C18H22ClN3O/c1-5-22(6-2)15-9-14(10-20-11-15)18(23)21-17-13(4)7-12(3)8-16(17)19/h7-11H,5-6H2,1-4H3,(H,21,23). The van der Waals surface area contributed by atoms with Crippen molar-refractivity contribution in [2.24, 2.45) is 0 Å². The number of pyridine rings is 1. The lowest BCUT2D eigenvalue weighted by Gasteiger charge is -2.21. The summed E-state index contributed by atoms with van der Waals surface area (Å²) in [6.07, 6.45) is 3.34. The first-order valence-electron chi connectivity index (χ1n) is 7.74. The number of rotatable bonds is 5. The molecule has 0 radical (unpaired) electrons. The van der Waals surface area contributed by atoms with Crippen LogP contribution in [0.1, 0.15) is 35.3 Å². The molecule has 0 spiro atoms. The molecule has 1 heterocycles. The number of halogens is 1. The van der Waals surface area contributed by atoms with Crippen LogP contribution in [0.2, 0.25) is 5.02 Å². The Bertz CT molecular complexity index is 688. The summed E-state index contributed by atoms with van der Waals surface area (Å²) in [4.78, 5) is 18.9. The first-order valence-corrected chi connectivity index (χ1v) is 8.12. The molecule has 0 saturated carbocycles. The minimum absolute atomic E-state index is 0.208. The lowest BCUT2D eigenvalue weighted by atomic mass is 10.1. The highest BCUT2D eigenvalue weighted by atomic mass is 35.5.